The SMILES string of the molecule is CC(C)(S)[C@@H](C(=O)O)N1CC(N)CC1=O. The normalized spacial score (nSPS) is 24.4. The number of thiol groups is 1. The van der Waals surface area contributed by atoms with Crippen molar-refractivity contribution in [3.05, 3.63) is 0 Å². The maximum atomic E-state index is 11.5. The summed E-state index contributed by atoms with van der Waals surface area (Å²) in [5, 5.41) is 9.09. The van der Waals surface area contributed by atoms with Gasteiger partial charge in [0.2, 0.25) is 5.91 Å². The molecule has 5 nitrogen and oxygen atoms in total. The van der Waals surface area contributed by atoms with Crippen LogP contribution in [0.4, 0.5) is 0 Å². The van der Waals surface area contributed by atoms with Crippen molar-refractivity contribution >= 4 is 24.5 Å². The van der Waals surface area contributed by atoms with Crippen LogP contribution in [0, 0.1) is 0 Å². The molecule has 1 aliphatic rings. The van der Waals surface area contributed by atoms with E-state index in [4.69, 9.17) is 10.8 Å². The molecular weight excluding hydrogens is 216 g/mol. The number of carboxylic acid groups (broad SMARTS) is 1. The van der Waals surface area contributed by atoms with Crippen LogP contribution in [0.2, 0.25) is 0 Å². The summed E-state index contributed by atoms with van der Waals surface area (Å²) in [6.45, 7) is 3.64. The fraction of sp³-hybridized carbons (Fsp3) is 0.778. The Morgan fingerprint density at radius 3 is 2.53 bits per heavy atom. The summed E-state index contributed by atoms with van der Waals surface area (Å²) in [5.74, 6) is -1.26. The third-order valence-electron chi connectivity index (χ3n) is 2.40. The zero-order valence-corrected chi connectivity index (χ0v) is 9.70. The minimum Gasteiger partial charge on any atom is -0.480 e. The molecule has 1 saturated heterocycles. The number of carboxylic acids is 1. The van der Waals surface area contributed by atoms with Gasteiger partial charge in [-0.1, -0.05) is 0 Å². The Morgan fingerprint density at radius 1 is 1.73 bits per heavy atom. The highest BCUT2D eigenvalue weighted by molar-refractivity contribution is 7.81. The number of carbonyl (C=O) groups excluding carboxylic acids is 1. The zero-order valence-electron chi connectivity index (χ0n) is 8.80. The lowest BCUT2D eigenvalue weighted by molar-refractivity contribution is -0.149. The molecular formula is C9H16N2O3S. The monoisotopic (exact) mass is 232 g/mol. The second-order valence-electron chi connectivity index (χ2n) is 4.40. The smallest absolute Gasteiger partial charge is 0.327 e. The Labute approximate surface area is 94.0 Å². The Hall–Kier alpha value is -0.750. The molecule has 0 aliphatic carbocycles. The van der Waals surface area contributed by atoms with Gasteiger partial charge < -0.3 is 15.7 Å². The lowest BCUT2D eigenvalue weighted by Crippen LogP contribution is -2.52. The van der Waals surface area contributed by atoms with Crippen molar-refractivity contribution in [1.29, 1.82) is 0 Å². The summed E-state index contributed by atoms with van der Waals surface area (Å²) in [6.07, 6.45) is 0.216. The molecule has 86 valence electrons. The molecule has 1 aliphatic heterocycles. The highest BCUT2D eigenvalue weighted by Gasteiger charge is 2.43. The molecule has 2 atom stereocenters. The van der Waals surface area contributed by atoms with E-state index in [1.54, 1.807) is 13.8 Å². The fourth-order valence-corrected chi connectivity index (χ4v) is 2.08. The predicted octanol–water partition coefficient (Wildman–Crippen LogP) is -0.292. The van der Waals surface area contributed by atoms with Crippen LogP contribution in [-0.2, 0) is 9.59 Å². The van der Waals surface area contributed by atoms with Crippen LogP contribution in [0.15, 0.2) is 0 Å². The average Bonchev–Trinajstić information content (AvgIpc) is 2.26. The highest BCUT2D eigenvalue weighted by Crippen LogP contribution is 2.26. The Balaban J connectivity index is 2.91. The topological polar surface area (TPSA) is 83.6 Å². The first-order valence-corrected chi connectivity index (χ1v) is 5.18. The van der Waals surface area contributed by atoms with Crippen molar-refractivity contribution in [1.82, 2.24) is 4.90 Å². The number of carbonyl (C=O) groups is 2. The molecule has 0 bridgehead atoms. The highest BCUT2D eigenvalue weighted by atomic mass is 32.1. The van der Waals surface area contributed by atoms with E-state index in [0.29, 0.717) is 6.54 Å². The van der Waals surface area contributed by atoms with Crippen LogP contribution < -0.4 is 5.73 Å². The molecule has 1 unspecified atom stereocenters. The number of likely N-dealkylation sites (tertiary alicyclic amines) is 1. The molecule has 0 aromatic heterocycles. The number of hydrogen-bond donors (Lipinski definition) is 3. The van der Waals surface area contributed by atoms with Crippen LogP contribution in [0.3, 0.4) is 0 Å². The summed E-state index contributed by atoms with van der Waals surface area (Å²) in [5.41, 5.74) is 5.62. The van der Waals surface area contributed by atoms with Crippen molar-refractivity contribution in [2.75, 3.05) is 6.54 Å². The molecule has 0 spiro atoms. The molecule has 3 N–H and O–H groups in total. The van der Waals surface area contributed by atoms with Crippen molar-refractivity contribution in [3.63, 3.8) is 0 Å². The number of nitrogens with two attached hydrogens (primary N) is 1. The zero-order chi connectivity index (χ0) is 11.8. The molecule has 1 fully saturated rings. The number of hydrogen-bond acceptors (Lipinski definition) is 4. The second-order valence-corrected chi connectivity index (χ2v) is 5.56. The van der Waals surface area contributed by atoms with Gasteiger partial charge in [-0.15, -0.1) is 0 Å². The summed E-state index contributed by atoms with van der Waals surface area (Å²) in [6, 6.07) is -1.20. The van der Waals surface area contributed by atoms with Crippen LogP contribution in [0.1, 0.15) is 20.3 Å². The fourth-order valence-electron chi connectivity index (χ4n) is 1.83. The van der Waals surface area contributed by atoms with Gasteiger partial charge in [-0.25, -0.2) is 4.79 Å². The standard InChI is InChI=1S/C9H16N2O3S/c1-9(2,15)7(8(13)14)11-4-5(10)3-6(11)12/h5,7,15H,3-4,10H2,1-2H3,(H,13,14)/t5?,7-/m1/s1. The first-order chi connectivity index (χ1) is 6.73. The second kappa shape index (κ2) is 4.02. The van der Waals surface area contributed by atoms with Gasteiger partial charge in [0.25, 0.3) is 0 Å². The summed E-state index contributed by atoms with van der Waals surface area (Å²) in [7, 11) is 0. The maximum absolute atomic E-state index is 11.5. The van der Waals surface area contributed by atoms with E-state index in [-0.39, 0.29) is 18.4 Å². The molecule has 0 aromatic rings. The van der Waals surface area contributed by atoms with E-state index in [1.807, 2.05) is 0 Å². The molecule has 1 heterocycles. The number of aliphatic carboxylic acids is 1. The Bertz CT molecular complexity index is 288. The molecule has 15 heavy (non-hydrogen) atoms. The first kappa shape index (κ1) is 12.3. The molecule has 1 amide bonds. The van der Waals surface area contributed by atoms with Gasteiger partial charge in [0, 0.05) is 23.8 Å². The van der Waals surface area contributed by atoms with Crippen LogP contribution in [0.25, 0.3) is 0 Å². The average molecular weight is 232 g/mol. The summed E-state index contributed by atoms with van der Waals surface area (Å²) in [4.78, 5) is 23.9. The van der Waals surface area contributed by atoms with Crippen molar-refractivity contribution in [3.8, 4) is 0 Å². The van der Waals surface area contributed by atoms with Gasteiger partial charge >= 0.3 is 5.97 Å². The van der Waals surface area contributed by atoms with Crippen molar-refractivity contribution in [2.24, 2.45) is 5.73 Å². The van der Waals surface area contributed by atoms with E-state index in [9.17, 15) is 9.59 Å². The predicted molar refractivity (Wildman–Crippen MR) is 58.8 cm³/mol. The minimum atomic E-state index is -1.04. The minimum absolute atomic E-state index is 0.211. The van der Waals surface area contributed by atoms with E-state index in [1.165, 1.54) is 4.90 Å². The summed E-state index contributed by atoms with van der Waals surface area (Å²) < 4.78 is -0.786. The molecule has 0 aromatic carbocycles. The third-order valence-corrected chi connectivity index (χ3v) is 2.65. The molecule has 0 saturated carbocycles. The Morgan fingerprint density at radius 2 is 2.27 bits per heavy atom. The largest absolute Gasteiger partial charge is 0.480 e. The van der Waals surface area contributed by atoms with Crippen LogP contribution in [-0.4, -0.2) is 45.3 Å². The van der Waals surface area contributed by atoms with E-state index in [2.05, 4.69) is 12.6 Å². The third kappa shape index (κ3) is 2.63. The van der Waals surface area contributed by atoms with Gasteiger partial charge in [-0.2, -0.15) is 12.6 Å². The molecule has 0 radical (unpaired) electrons. The van der Waals surface area contributed by atoms with E-state index in [0.717, 1.165) is 0 Å². The van der Waals surface area contributed by atoms with Crippen molar-refractivity contribution in [2.45, 2.75) is 37.1 Å². The quantitative estimate of drug-likeness (QED) is 0.584. The number of rotatable bonds is 3. The summed E-state index contributed by atoms with van der Waals surface area (Å²) >= 11 is 4.22. The van der Waals surface area contributed by atoms with Crippen molar-refractivity contribution < 1.29 is 14.7 Å². The lowest BCUT2D eigenvalue weighted by Gasteiger charge is -2.33. The van der Waals surface area contributed by atoms with Gasteiger partial charge in [-0.3, -0.25) is 4.79 Å². The molecule has 6 heteroatoms. The van der Waals surface area contributed by atoms with Gasteiger partial charge in [0.15, 0.2) is 0 Å². The number of nitrogens with zero attached hydrogens (tertiary/aromatic N) is 1. The van der Waals surface area contributed by atoms with Gasteiger partial charge in [-0.05, 0) is 13.8 Å². The number of amides is 1. The van der Waals surface area contributed by atoms with Crippen LogP contribution in [0.5, 0.6) is 0 Å². The van der Waals surface area contributed by atoms with Crippen LogP contribution >= 0.6 is 12.6 Å². The Kier molecular flexibility index (Phi) is 3.30. The maximum Gasteiger partial charge on any atom is 0.327 e. The van der Waals surface area contributed by atoms with E-state index < -0.39 is 16.8 Å². The van der Waals surface area contributed by atoms with Gasteiger partial charge in [0.05, 0.1) is 0 Å². The lowest BCUT2D eigenvalue weighted by atomic mass is 10.0. The first-order valence-electron chi connectivity index (χ1n) is 4.73. The van der Waals surface area contributed by atoms with Gasteiger partial charge in [0.1, 0.15) is 6.04 Å². The molecule has 1 rings (SSSR count). The van der Waals surface area contributed by atoms with E-state index >= 15 is 0 Å².